The highest BCUT2D eigenvalue weighted by Gasteiger charge is 2.44. The van der Waals surface area contributed by atoms with Crippen LogP contribution in [0.2, 0.25) is 0 Å². The van der Waals surface area contributed by atoms with E-state index in [1.54, 1.807) is 31.2 Å². The van der Waals surface area contributed by atoms with E-state index in [2.05, 4.69) is 4.98 Å². The molecule has 37 heavy (non-hydrogen) atoms. The first kappa shape index (κ1) is 26.6. The molecule has 0 bridgehead atoms. The Bertz CT molecular complexity index is 1270. The van der Waals surface area contributed by atoms with Crippen molar-refractivity contribution < 1.29 is 24.5 Å². The number of ether oxygens (including phenoxy) is 1. The molecule has 0 saturated heterocycles. The van der Waals surface area contributed by atoms with Crippen LogP contribution in [0, 0.1) is 29.6 Å². The second kappa shape index (κ2) is 11.3. The number of esters is 1. The summed E-state index contributed by atoms with van der Waals surface area (Å²) in [5, 5.41) is 21.0. The Balaban J connectivity index is 1.71. The van der Waals surface area contributed by atoms with Gasteiger partial charge in [0, 0.05) is 30.7 Å². The molecule has 1 aromatic carbocycles. The van der Waals surface area contributed by atoms with Crippen LogP contribution in [0.25, 0.3) is 11.1 Å². The number of carbonyl (C=O) groups is 2. The van der Waals surface area contributed by atoms with Crippen LogP contribution in [0.5, 0.6) is 11.5 Å². The lowest BCUT2D eigenvalue weighted by Crippen LogP contribution is -2.41. The maximum absolute atomic E-state index is 13.9. The largest absolute Gasteiger partial charge is 0.506 e. The molecule has 0 unspecified atom stereocenters. The van der Waals surface area contributed by atoms with E-state index in [9.17, 15) is 24.6 Å². The van der Waals surface area contributed by atoms with Gasteiger partial charge in [-0.2, -0.15) is 0 Å². The molecule has 1 heterocycles. The molecule has 1 fully saturated rings. The van der Waals surface area contributed by atoms with Crippen molar-refractivity contribution in [2.75, 3.05) is 6.61 Å². The number of H-pyrrole nitrogens is 1. The third kappa shape index (κ3) is 5.32. The number of aromatic hydroxyl groups is 1. The van der Waals surface area contributed by atoms with E-state index in [0.717, 1.165) is 24.8 Å². The minimum absolute atomic E-state index is 0.129. The number of allylic oxidation sites excluding steroid dienone is 4. The van der Waals surface area contributed by atoms with E-state index in [0.29, 0.717) is 22.8 Å². The standard InChI is InChI=1S/C30H35NO6/c1-4-6-22-23-14-18(16-32)7-12-21(23)17(3)13-24(22)28(34)27-29(35)25(15-31-30(27)36)19-8-10-20(11-9-19)37-26(33)5-2/h4,6,8-11,13,15,18,21-24,32H,5,7,12,14,16H2,1-3H3,(H2,31,35,36)/b6-4+/t18-,21+,22+,23-,24+/m0/s1. The Morgan fingerprint density at radius 2 is 1.92 bits per heavy atom. The predicted octanol–water partition coefficient (Wildman–Crippen LogP) is 5.04. The van der Waals surface area contributed by atoms with Crippen molar-refractivity contribution in [2.24, 2.45) is 29.6 Å². The fourth-order valence-corrected chi connectivity index (χ4v) is 6.01. The van der Waals surface area contributed by atoms with Gasteiger partial charge in [-0.05, 0) is 74.5 Å². The van der Waals surface area contributed by atoms with Crippen molar-refractivity contribution in [3.05, 3.63) is 70.2 Å². The zero-order valence-corrected chi connectivity index (χ0v) is 21.6. The number of rotatable bonds is 7. The van der Waals surface area contributed by atoms with Gasteiger partial charge in [-0.3, -0.25) is 14.4 Å². The van der Waals surface area contributed by atoms with E-state index in [-0.39, 0.29) is 48.1 Å². The average Bonchev–Trinajstić information content (AvgIpc) is 2.90. The molecular weight excluding hydrogens is 470 g/mol. The van der Waals surface area contributed by atoms with Crippen molar-refractivity contribution in [3.8, 4) is 22.6 Å². The lowest BCUT2D eigenvalue weighted by atomic mass is 9.59. The molecule has 2 aromatic rings. The van der Waals surface area contributed by atoms with Gasteiger partial charge in [0.15, 0.2) is 5.78 Å². The van der Waals surface area contributed by atoms with E-state index in [1.165, 1.54) is 6.20 Å². The molecule has 1 saturated carbocycles. The summed E-state index contributed by atoms with van der Waals surface area (Å²) in [5.74, 6) is -0.757. The van der Waals surface area contributed by atoms with Crippen LogP contribution in [0.1, 0.15) is 56.8 Å². The Labute approximate surface area is 216 Å². The van der Waals surface area contributed by atoms with Crippen LogP contribution < -0.4 is 10.3 Å². The van der Waals surface area contributed by atoms with E-state index >= 15 is 0 Å². The zero-order valence-electron chi connectivity index (χ0n) is 21.6. The lowest BCUT2D eigenvalue weighted by molar-refractivity contribution is -0.134. The normalized spacial score (nSPS) is 25.4. The quantitative estimate of drug-likeness (QED) is 0.210. The Morgan fingerprint density at radius 3 is 2.57 bits per heavy atom. The van der Waals surface area contributed by atoms with Crippen LogP contribution in [0.15, 0.2) is 59.1 Å². The Kier molecular flexibility index (Phi) is 8.13. The number of hydrogen-bond acceptors (Lipinski definition) is 6. The molecule has 1 aromatic heterocycles. The van der Waals surface area contributed by atoms with Crippen molar-refractivity contribution in [3.63, 3.8) is 0 Å². The number of aromatic amines is 1. The molecule has 0 radical (unpaired) electrons. The summed E-state index contributed by atoms with van der Waals surface area (Å²) in [5.41, 5.74) is 1.12. The lowest BCUT2D eigenvalue weighted by Gasteiger charge is -2.45. The van der Waals surface area contributed by atoms with Crippen LogP contribution >= 0.6 is 0 Å². The number of nitrogens with one attached hydrogen (secondary N) is 1. The molecule has 4 rings (SSSR count). The summed E-state index contributed by atoms with van der Waals surface area (Å²) in [6, 6.07) is 6.53. The first-order valence-corrected chi connectivity index (χ1v) is 13.0. The van der Waals surface area contributed by atoms with Gasteiger partial charge in [-0.25, -0.2) is 0 Å². The van der Waals surface area contributed by atoms with Crippen molar-refractivity contribution in [2.45, 2.75) is 46.5 Å². The SMILES string of the molecule is C/C=C/[C@@H]1[C@H]2C[C@@H](CO)CC[C@@H]2C(C)=C[C@H]1C(=O)c1c(O)c(-c2ccc(OC(=O)CC)cc2)c[nH]c1=O. The third-order valence-corrected chi connectivity index (χ3v) is 7.92. The van der Waals surface area contributed by atoms with Crippen LogP contribution in [-0.4, -0.2) is 33.6 Å². The molecule has 2 aliphatic rings. The minimum Gasteiger partial charge on any atom is -0.506 e. The summed E-state index contributed by atoms with van der Waals surface area (Å²) < 4.78 is 5.21. The van der Waals surface area contributed by atoms with E-state index < -0.39 is 17.3 Å². The van der Waals surface area contributed by atoms with Gasteiger partial charge >= 0.3 is 5.97 Å². The van der Waals surface area contributed by atoms with Gasteiger partial charge in [0.2, 0.25) is 0 Å². The topological polar surface area (TPSA) is 117 Å². The van der Waals surface area contributed by atoms with Crippen LogP contribution in [-0.2, 0) is 4.79 Å². The fourth-order valence-electron chi connectivity index (χ4n) is 6.01. The number of Topliss-reactive ketones (excluding diaryl/α,β-unsaturated/α-hetero) is 1. The third-order valence-electron chi connectivity index (χ3n) is 7.92. The highest BCUT2D eigenvalue weighted by molar-refractivity contribution is 6.03. The van der Waals surface area contributed by atoms with Gasteiger partial charge in [0.05, 0.1) is 0 Å². The van der Waals surface area contributed by atoms with Crippen molar-refractivity contribution >= 4 is 11.8 Å². The molecule has 0 amide bonds. The number of fused-ring (bicyclic) bond motifs is 1. The van der Waals surface area contributed by atoms with Crippen LogP contribution in [0.4, 0.5) is 0 Å². The molecule has 7 heteroatoms. The summed E-state index contributed by atoms with van der Waals surface area (Å²) in [6.07, 6.45) is 10.3. The van der Waals surface area contributed by atoms with Crippen LogP contribution in [0.3, 0.4) is 0 Å². The molecule has 7 nitrogen and oxygen atoms in total. The first-order chi connectivity index (χ1) is 17.8. The summed E-state index contributed by atoms with van der Waals surface area (Å²) in [7, 11) is 0. The highest BCUT2D eigenvalue weighted by Crippen LogP contribution is 2.49. The number of ketones is 1. The van der Waals surface area contributed by atoms with Gasteiger partial charge in [0.25, 0.3) is 5.56 Å². The summed E-state index contributed by atoms with van der Waals surface area (Å²) in [6.45, 7) is 5.79. The molecular formula is C30H35NO6. The van der Waals surface area contributed by atoms with Gasteiger partial charge in [-0.15, -0.1) is 0 Å². The Hall–Kier alpha value is -3.45. The second-order valence-electron chi connectivity index (χ2n) is 10.1. The zero-order chi connectivity index (χ0) is 26.7. The van der Waals surface area contributed by atoms with E-state index in [4.69, 9.17) is 4.74 Å². The number of aliphatic hydroxyl groups is 1. The number of carbonyl (C=O) groups excluding carboxylic acids is 2. The van der Waals surface area contributed by atoms with Gasteiger partial charge in [-0.1, -0.05) is 42.9 Å². The molecule has 196 valence electrons. The molecule has 5 atom stereocenters. The number of pyridine rings is 1. The molecule has 0 aliphatic heterocycles. The highest BCUT2D eigenvalue weighted by atomic mass is 16.5. The average molecular weight is 506 g/mol. The number of aromatic nitrogens is 1. The summed E-state index contributed by atoms with van der Waals surface area (Å²) in [4.78, 5) is 41.0. The first-order valence-electron chi connectivity index (χ1n) is 13.0. The van der Waals surface area contributed by atoms with Crippen molar-refractivity contribution in [1.82, 2.24) is 4.98 Å². The predicted molar refractivity (Wildman–Crippen MR) is 141 cm³/mol. The Morgan fingerprint density at radius 1 is 1.19 bits per heavy atom. The molecule has 0 spiro atoms. The fraction of sp³-hybridized carbons (Fsp3) is 0.433. The maximum Gasteiger partial charge on any atom is 0.310 e. The number of benzene rings is 1. The summed E-state index contributed by atoms with van der Waals surface area (Å²) >= 11 is 0. The monoisotopic (exact) mass is 505 g/mol. The molecule has 2 aliphatic carbocycles. The smallest absolute Gasteiger partial charge is 0.310 e. The second-order valence-corrected chi connectivity index (χ2v) is 10.1. The molecule has 3 N–H and O–H groups in total. The van der Waals surface area contributed by atoms with Crippen molar-refractivity contribution in [1.29, 1.82) is 0 Å². The number of aliphatic hydroxyl groups excluding tert-OH is 1. The van der Waals surface area contributed by atoms with E-state index in [1.807, 2.05) is 32.1 Å². The van der Waals surface area contributed by atoms with Gasteiger partial charge in [0.1, 0.15) is 17.1 Å². The maximum atomic E-state index is 13.9. The minimum atomic E-state index is -0.635. The van der Waals surface area contributed by atoms with Gasteiger partial charge < -0.3 is 19.9 Å². The number of hydrogen-bond donors (Lipinski definition) is 3.